The standard InChI is InChI=1S/C18H15F3N4O2/c1-17(27,18(19,20)21)10-25-14-4-3-11(7-15(14)24(2)16(25)26)13-9-23-6-5-12(13)8-22/h3-7,9,27H,10H2,1-2H3. The molecule has 0 aliphatic rings. The first-order chi connectivity index (χ1) is 12.6. The largest absolute Gasteiger partial charge is 0.418 e. The van der Waals surface area contributed by atoms with Crippen LogP contribution in [0.2, 0.25) is 0 Å². The highest BCUT2D eigenvalue weighted by molar-refractivity contribution is 5.84. The predicted octanol–water partition coefficient (Wildman–Crippen LogP) is 2.59. The number of nitrogens with zero attached hydrogens (tertiary/aromatic N) is 4. The Hall–Kier alpha value is -3.12. The maximum Gasteiger partial charge on any atom is 0.418 e. The van der Waals surface area contributed by atoms with Gasteiger partial charge in [-0.25, -0.2) is 4.79 Å². The number of nitriles is 1. The molecule has 27 heavy (non-hydrogen) atoms. The van der Waals surface area contributed by atoms with Crippen LogP contribution in [0.4, 0.5) is 13.2 Å². The Kier molecular flexibility index (Phi) is 4.32. The monoisotopic (exact) mass is 376 g/mol. The van der Waals surface area contributed by atoms with Crippen molar-refractivity contribution in [2.75, 3.05) is 0 Å². The van der Waals surface area contributed by atoms with E-state index in [1.54, 1.807) is 18.2 Å². The smallest absolute Gasteiger partial charge is 0.379 e. The van der Waals surface area contributed by atoms with Gasteiger partial charge in [0.2, 0.25) is 0 Å². The summed E-state index contributed by atoms with van der Waals surface area (Å²) in [6, 6.07) is 8.29. The summed E-state index contributed by atoms with van der Waals surface area (Å²) in [6.07, 6.45) is -1.90. The van der Waals surface area contributed by atoms with Crippen LogP contribution in [0.25, 0.3) is 22.2 Å². The lowest BCUT2D eigenvalue weighted by molar-refractivity contribution is -0.257. The van der Waals surface area contributed by atoms with Crippen LogP contribution in [-0.2, 0) is 13.6 Å². The molecule has 0 aliphatic carbocycles. The Morgan fingerprint density at radius 3 is 2.59 bits per heavy atom. The fraction of sp³-hybridized carbons (Fsp3) is 0.278. The summed E-state index contributed by atoms with van der Waals surface area (Å²) in [5.41, 5.74) is -1.58. The third-order valence-corrected chi connectivity index (χ3v) is 4.47. The summed E-state index contributed by atoms with van der Waals surface area (Å²) in [4.78, 5) is 16.4. The molecular formula is C18H15F3N4O2. The van der Waals surface area contributed by atoms with Gasteiger partial charge in [0, 0.05) is 25.0 Å². The second kappa shape index (κ2) is 6.25. The minimum atomic E-state index is -4.88. The molecule has 0 fully saturated rings. The van der Waals surface area contributed by atoms with Crippen molar-refractivity contribution in [1.29, 1.82) is 5.26 Å². The summed E-state index contributed by atoms with van der Waals surface area (Å²) in [5, 5.41) is 19.0. The van der Waals surface area contributed by atoms with Crippen LogP contribution >= 0.6 is 0 Å². The van der Waals surface area contributed by atoms with Gasteiger partial charge >= 0.3 is 11.9 Å². The molecule has 0 saturated carbocycles. The van der Waals surface area contributed by atoms with Crippen LogP contribution in [0.3, 0.4) is 0 Å². The highest BCUT2D eigenvalue weighted by Crippen LogP contribution is 2.32. The number of hydrogen-bond acceptors (Lipinski definition) is 4. The fourth-order valence-electron chi connectivity index (χ4n) is 2.85. The van der Waals surface area contributed by atoms with Gasteiger partial charge < -0.3 is 5.11 Å². The number of imidazole rings is 1. The Morgan fingerprint density at radius 2 is 1.96 bits per heavy atom. The second-order valence-corrected chi connectivity index (χ2v) is 6.44. The van der Waals surface area contributed by atoms with Crippen LogP contribution in [0, 0.1) is 11.3 Å². The predicted molar refractivity (Wildman–Crippen MR) is 91.8 cm³/mol. The van der Waals surface area contributed by atoms with Gasteiger partial charge in [-0.1, -0.05) is 6.07 Å². The lowest BCUT2D eigenvalue weighted by Crippen LogP contribution is -2.47. The summed E-state index contributed by atoms with van der Waals surface area (Å²) < 4.78 is 41.1. The zero-order chi connectivity index (χ0) is 20.0. The third-order valence-electron chi connectivity index (χ3n) is 4.47. The molecule has 2 heterocycles. The van der Waals surface area contributed by atoms with Crippen molar-refractivity contribution < 1.29 is 18.3 Å². The highest BCUT2D eigenvalue weighted by Gasteiger charge is 2.50. The molecule has 2 aromatic heterocycles. The number of fused-ring (bicyclic) bond motifs is 1. The van der Waals surface area contributed by atoms with Crippen LogP contribution in [0.5, 0.6) is 0 Å². The Morgan fingerprint density at radius 1 is 1.26 bits per heavy atom. The van der Waals surface area contributed by atoms with Crippen molar-refractivity contribution in [2.24, 2.45) is 7.05 Å². The maximum atomic E-state index is 13.0. The van der Waals surface area contributed by atoms with E-state index < -0.39 is 24.0 Å². The molecule has 140 valence electrons. The van der Waals surface area contributed by atoms with Crippen molar-refractivity contribution in [3.05, 3.63) is 52.7 Å². The first-order valence-electron chi connectivity index (χ1n) is 7.89. The average molecular weight is 376 g/mol. The number of aryl methyl sites for hydroxylation is 1. The van der Waals surface area contributed by atoms with E-state index in [4.69, 9.17) is 0 Å². The van der Waals surface area contributed by atoms with Crippen molar-refractivity contribution >= 4 is 11.0 Å². The molecule has 0 amide bonds. The van der Waals surface area contributed by atoms with E-state index in [9.17, 15) is 28.3 Å². The SMILES string of the molecule is Cn1c(=O)n(CC(C)(O)C(F)(F)F)c2ccc(-c3cnccc3C#N)cc21. The van der Waals surface area contributed by atoms with Gasteiger partial charge in [-0.2, -0.15) is 18.4 Å². The Bertz CT molecular complexity index is 1120. The van der Waals surface area contributed by atoms with Crippen molar-refractivity contribution in [3.8, 4) is 17.2 Å². The zero-order valence-electron chi connectivity index (χ0n) is 14.4. The van der Waals surface area contributed by atoms with Crippen LogP contribution < -0.4 is 5.69 Å². The number of hydrogen-bond donors (Lipinski definition) is 1. The fourth-order valence-corrected chi connectivity index (χ4v) is 2.85. The molecule has 1 aromatic carbocycles. The number of benzene rings is 1. The Labute approximate surface area is 151 Å². The van der Waals surface area contributed by atoms with Crippen LogP contribution in [-0.4, -0.2) is 31.0 Å². The van der Waals surface area contributed by atoms with E-state index >= 15 is 0 Å². The van der Waals surface area contributed by atoms with E-state index in [2.05, 4.69) is 4.98 Å². The molecule has 1 N–H and O–H groups in total. The molecule has 0 spiro atoms. The second-order valence-electron chi connectivity index (χ2n) is 6.44. The zero-order valence-corrected chi connectivity index (χ0v) is 14.4. The average Bonchev–Trinajstić information content (AvgIpc) is 2.85. The van der Waals surface area contributed by atoms with Gasteiger partial charge in [0.15, 0.2) is 5.60 Å². The van der Waals surface area contributed by atoms with Crippen LogP contribution in [0.15, 0.2) is 41.5 Å². The van der Waals surface area contributed by atoms with E-state index in [1.165, 1.54) is 30.1 Å². The van der Waals surface area contributed by atoms with Gasteiger partial charge in [0.05, 0.1) is 29.2 Å². The number of pyridine rings is 1. The number of aromatic nitrogens is 3. The summed E-state index contributed by atoms with van der Waals surface area (Å²) >= 11 is 0. The molecule has 3 aromatic rings. The van der Waals surface area contributed by atoms with E-state index in [0.717, 1.165) is 4.57 Å². The quantitative estimate of drug-likeness (QED) is 0.762. The van der Waals surface area contributed by atoms with Crippen molar-refractivity contribution in [3.63, 3.8) is 0 Å². The molecule has 0 aliphatic heterocycles. The molecule has 0 bridgehead atoms. The molecule has 6 nitrogen and oxygen atoms in total. The lowest BCUT2D eigenvalue weighted by atomic mass is 10.0. The molecule has 0 saturated heterocycles. The number of rotatable bonds is 3. The minimum Gasteiger partial charge on any atom is -0.379 e. The van der Waals surface area contributed by atoms with E-state index in [0.29, 0.717) is 29.1 Å². The van der Waals surface area contributed by atoms with Crippen molar-refractivity contribution in [2.45, 2.75) is 25.2 Å². The van der Waals surface area contributed by atoms with Gasteiger partial charge in [0.25, 0.3) is 0 Å². The number of halogens is 3. The molecule has 1 unspecified atom stereocenters. The van der Waals surface area contributed by atoms with Gasteiger partial charge in [-0.3, -0.25) is 14.1 Å². The topological polar surface area (TPSA) is 83.8 Å². The minimum absolute atomic E-state index is 0.248. The lowest BCUT2D eigenvalue weighted by Gasteiger charge is -2.26. The number of alkyl halides is 3. The summed E-state index contributed by atoms with van der Waals surface area (Å²) in [6.45, 7) is -0.302. The molecular weight excluding hydrogens is 361 g/mol. The molecule has 3 rings (SSSR count). The number of aliphatic hydroxyl groups is 1. The van der Waals surface area contributed by atoms with Gasteiger partial charge in [-0.15, -0.1) is 0 Å². The maximum absolute atomic E-state index is 13.0. The molecule has 1 atom stereocenters. The van der Waals surface area contributed by atoms with Crippen LogP contribution in [0.1, 0.15) is 12.5 Å². The molecule has 9 heteroatoms. The summed E-state index contributed by atoms with van der Waals surface area (Å²) in [7, 11) is 1.43. The van der Waals surface area contributed by atoms with Crippen molar-refractivity contribution in [1.82, 2.24) is 14.1 Å². The van der Waals surface area contributed by atoms with E-state index in [1.807, 2.05) is 6.07 Å². The normalized spacial score (nSPS) is 14.1. The van der Waals surface area contributed by atoms with Gasteiger partial charge in [-0.05, 0) is 30.7 Å². The summed E-state index contributed by atoms with van der Waals surface area (Å²) in [5.74, 6) is 0. The van der Waals surface area contributed by atoms with Gasteiger partial charge in [0.1, 0.15) is 0 Å². The Balaban J connectivity index is 2.17. The molecule has 0 radical (unpaired) electrons. The highest BCUT2D eigenvalue weighted by atomic mass is 19.4. The van der Waals surface area contributed by atoms with E-state index in [-0.39, 0.29) is 5.52 Å². The third kappa shape index (κ3) is 3.08. The first-order valence-corrected chi connectivity index (χ1v) is 7.89. The first kappa shape index (κ1) is 18.7.